The molecule has 0 nitrogen and oxygen atoms in total. The third-order valence-corrected chi connectivity index (χ3v) is 2.38. The van der Waals surface area contributed by atoms with E-state index in [1.807, 2.05) is 0 Å². The van der Waals surface area contributed by atoms with Crippen molar-refractivity contribution >= 4 is 0 Å². The molecule has 0 heteroatoms. The van der Waals surface area contributed by atoms with Gasteiger partial charge >= 0.3 is 0 Å². The third kappa shape index (κ3) is 4.12. The molecular formula is C13H22. The predicted molar refractivity (Wildman–Crippen MR) is 61.8 cm³/mol. The van der Waals surface area contributed by atoms with Crippen LogP contribution in [0.15, 0.2) is 34.9 Å². The van der Waals surface area contributed by atoms with Gasteiger partial charge in [-0.1, -0.05) is 37.6 Å². The monoisotopic (exact) mass is 178 g/mol. The largest absolute Gasteiger partial charge is 0.0958 e. The smallest absolute Gasteiger partial charge is 0.0285 e. The van der Waals surface area contributed by atoms with Crippen LogP contribution in [0.25, 0.3) is 0 Å². The lowest BCUT2D eigenvalue weighted by atomic mass is 9.97. The maximum Gasteiger partial charge on any atom is -0.0285 e. The molecule has 0 aliphatic heterocycles. The second-order valence-corrected chi connectivity index (χ2v) is 4.12. The summed E-state index contributed by atoms with van der Waals surface area (Å²) in [6.45, 7) is 16.9. The molecule has 0 aromatic carbocycles. The van der Waals surface area contributed by atoms with Gasteiger partial charge in [0.15, 0.2) is 0 Å². The Hall–Kier alpha value is -0.780. The van der Waals surface area contributed by atoms with Gasteiger partial charge in [-0.05, 0) is 44.8 Å². The minimum Gasteiger partial charge on any atom is -0.0958 e. The summed E-state index contributed by atoms with van der Waals surface area (Å²) in [5, 5.41) is 0. The molecule has 0 aromatic rings. The molecule has 0 rings (SSSR count). The van der Waals surface area contributed by atoms with Crippen molar-refractivity contribution in [2.75, 3.05) is 0 Å². The van der Waals surface area contributed by atoms with Crippen LogP contribution in [0.1, 0.15) is 41.5 Å². The van der Waals surface area contributed by atoms with Gasteiger partial charge in [0.05, 0.1) is 0 Å². The second kappa shape index (κ2) is 5.06. The fourth-order valence-electron chi connectivity index (χ4n) is 1.24. The Bertz CT molecular complexity index is 249. The molecule has 0 aliphatic rings. The van der Waals surface area contributed by atoms with E-state index < -0.39 is 0 Å². The molecule has 0 unspecified atom stereocenters. The summed E-state index contributed by atoms with van der Waals surface area (Å²) in [5.41, 5.74) is 5.21. The van der Waals surface area contributed by atoms with Gasteiger partial charge in [-0.15, -0.1) is 0 Å². The molecule has 0 atom stereocenters. The average molecular weight is 178 g/mol. The maximum absolute atomic E-state index is 3.95. The molecular weight excluding hydrogens is 156 g/mol. The number of hydrogen-bond acceptors (Lipinski definition) is 0. The lowest BCUT2D eigenvalue weighted by Gasteiger charge is -2.09. The van der Waals surface area contributed by atoms with Gasteiger partial charge < -0.3 is 0 Å². The highest BCUT2D eigenvalue weighted by Crippen LogP contribution is 2.19. The van der Waals surface area contributed by atoms with Crippen LogP contribution in [0.2, 0.25) is 0 Å². The SMILES string of the molecule is C=C(C)/C(C)=C(/C)C(C)=CC(C)C. The van der Waals surface area contributed by atoms with E-state index in [0.717, 1.165) is 5.57 Å². The van der Waals surface area contributed by atoms with E-state index in [2.05, 4.69) is 54.2 Å². The van der Waals surface area contributed by atoms with Gasteiger partial charge in [0.2, 0.25) is 0 Å². The van der Waals surface area contributed by atoms with Crippen molar-refractivity contribution in [3.63, 3.8) is 0 Å². The Balaban J connectivity index is 4.88. The van der Waals surface area contributed by atoms with Crippen LogP contribution in [0.3, 0.4) is 0 Å². The van der Waals surface area contributed by atoms with Crippen LogP contribution in [0.5, 0.6) is 0 Å². The fourth-order valence-corrected chi connectivity index (χ4v) is 1.24. The highest BCUT2D eigenvalue weighted by atomic mass is 14.1. The highest BCUT2D eigenvalue weighted by Gasteiger charge is 2.00. The van der Waals surface area contributed by atoms with Crippen LogP contribution < -0.4 is 0 Å². The lowest BCUT2D eigenvalue weighted by molar-refractivity contribution is 0.822. The van der Waals surface area contributed by atoms with E-state index in [4.69, 9.17) is 0 Å². The van der Waals surface area contributed by atoms with Crippen LogP contribution in [0, 0.1) is 5.92 Å². The average Bonchev–Trinajstić information content (AvgIpc) is 2.00. The highest BCUT2D eigenvalue weighted by molar-refractivity contribution is 5.39. The minimum absolute atomic E-state index is 0.618. The van der Waals surface area contributed by atoms with E-state index in [1.54, 1.807) is 0 Å². The van der Waals surface area contributed by atoms with Gasteiger partial charge in [-0.3, -0.25) is 0 Å². The van der Waals surface area contributed by atoms with Crippen molar-refractivity contribution < 1.29 is 0 Å². The summed E-state index contributed by atoms with van der Waals surface area (Å²) >= 11 is 0. The van der Waals surface area contributed by atoms with Crippen LogP contribution in [-0.2, 0) is 0 Å². The van der Waals surface area contributed by atoms with Crippen LogP contribution >= 0.6 is 0 Å². The summed E-state index contributed by atoms with van der Waals surface area (Å²) in [6.07, 6.45) is 2.29. The van der Waals surface area contributed by atoms with Gasteiger partial charge in [0, 0.05) is 0 Å². The standard InChI is InChI=1S/C13H22/c1-9(2)8-11(5)13(7)12(6)10(3)4/h8-9H,3H2,1-2,4-7H3/b11-8?,13-12-. The first-order valence-electron chi connectivity index (χ1n) is 4.88. The summed E-state index contributed by atoms with van der Waals surface area (Å²) in [5.74, 6) is 0.618. The van der Waals surface area contributed by atoms with Crippen molar-refractivity contribution in [2.45, 2.75) is 41.5 Å². The molecule has 0 saturated carbocycles. The van der Waals surface area contributed by atoms with Gasteiger partial charge in [-0.25, -0.2) is 0 Å². The zero-order valence-corrected chi connectivity index (χ0v) is 9.86. The molecule has 0 aliphatic carbocycles. The maximum atomic E-state index is 3.95. The quantitative estimate of drug-likeness (QED) is 0.558. The molecule has 0 N–H and O–H groups in total. The summed E-state index contributed by atoms with van der Waals surface area (Å²) in [6, 6.07) is 0. The normalized spacial score (nSPS) is 14.5. The molecule has 0 saturated heterocycles. The zero-order chi connectivity index (χ0) is 10.6. The second-order valence-electron chi connectivity index (χ2n) is 4.12. The van der Waals surface area contributed by atoms with Crippen molar-refractivity contribution in [3.8, 4) is 0 Å². The molecule has 0 amide bonds. The molecule has 0 spiro atoms. The summed E-state index contributed by atoms with van der Waals surface area (Å²) < 4.78 is 0. The molecule has 0 radical (unpaired) electrons. The predicted octanol–water partition coefficient (Wildman–Crippen LogP) is 4.50. The lowest BCUT2D eigenvalue weighted by Crippen LogP contribution is -1.90. The first kappa shape index (κ1) is 12.2. The Morgan fingerprint density at radius 1 is 1.00 bits per heavy atom. The summed E-state index contributed by atoms with van der Waals surface area (Å²) in [4.78, 5) is 0. The molecule has 0 bridgehead atoms. The van der Waals surface area contributed by atoms with Crippen molar-refractivity contribution in [3.05, 3.63) is 34.9 Å². The van der Waals surface area contributed by atoms with Crippen molar-refractivity contribution in [1.82, 2.24) is 0 Å². The fraction of sp³-hybridized carbons (Fsp3) is 0.538. The minimum atomic E-state index is 0.618. The van der Waals surface area contributed by atoms with Crippen LogP contribution in [0.4, 0.5) is 0 Å². The number of hydrogen-bond donors (Lipinski definition) is 0. The van der Waals surface area contributed by atoms with Gasteiger partial charge in [0.1, 0.15) is 0 Å². The number of allylic oxidation sites excluding steroid dienone is 5. The topological polar surface area (TPSA) is 0 Å². The summed E-state index contributed by atoms with van der Waals surface area (Å²) in [7, 11) is 0. The Morgan fingerprint density at radius 3 is 1.77 bits per heavy atom. The third-order valence-electron chi connectivity index (χ3n) is 2.38. The molecule has 0 aromatic heterocycles. The molecule has 13 heavy (non-hydrogen) atoms. The van der Waals surface area contributed by atoms with Crippen LogP contribution in [-0.4, -0.2) is 0 Å². The molecule has 74 valence electrons. The number of rotatable bonds is 3. The Morgan fingerprint density at radius 2 is 1.46 bits per heavy atom. The molecule has 0 fully saturated rings. The first-order valence-corrected chi connectivity index (χ1v) is 4.88. The van der Waals surface area contributed by atoms with E-state index in [1.165, 1.54) is 16.7 Å². The first-order chi connectivity index (χ1) is 5.86. The Kier molecular flexibility index (Phi) is 4.76. The van der Waals surface area contributed by atoms with Crippen molar-refractivity contribution in [1.29, 1.82) is 0 Å². The Labute approximate surface area is 83.0 Å². The van der Waals surface area contributed by atoms with Crippen molar-refractivity contribution in [2.24, 2.45) is 5.92 Å². The van der Waals surface area contributed by atoms with E-state index in [0.29, 0.717) is 5.92 Å². The zero-order valence-electron chi connectivity index (χ0n) is 9.86. The molecule has 0 heterocycles. The van der Waals surface area contributed by atoms with E-state index in [-0.39, 0.29) is 0 Å². The van der Waals surface area contributed by atoms with E-state index >= 15 is 0 Å². The van der Waals surface area contributed by atoms with Gasteiger partial charge in [0.25, 0.3) is 0 Å². The van der Waals surface area contributed by atoms with E-state index in [9.17, 15) is 0 Å². The van der Waals surface area contributed by atoms with Gasteiger partial charge in [-0.2, -0.15) is 0 Å².